The van der Waals surface area contributed by atoms with Crippen LogP contribution in [0.5, 0.6) is 0 Å². The number of piperazine rings is 1. The summed E-state index contributed by atoms with van der Waals surface area (Å²) in [5.41, 5.74) is 4.54. The van der Waals surface area contributed by atoms with Gasteiger partial charge in [0.25, 0.3) is 11.8 Å². The molecule has 196 valence electrons. The Morgan fingerprint density at radius 1 is 1.05 bits per heavy atom. The highest BCUT2D eigenvalue weighted by atomic mass is 19.1. The summed E-state index contributed by atoms with van der Waals surface area (Å²) in [7, 11) is 0. The number of carbonyl (C=O) groups excluding carboxylic acids is 3. The van der Waals surface area contributed by atoms with Crippen LogP contribution < -0.4 is 10.6 Å². The van der Waals surface area contributed by atoms with Crippen LogP contribution in [0.15, 0.2) is 48.7 Å². The molecule has 0 saturated carbocycles. The first-order valence-electron chi connectivity index (χ1n) is 12.7. The quantitative estimate of drug-likeness (QED) is 0.438. The Balaban J connectivity index is 1.31. The van der Waals surface area contributed by atoms with Gasteiger partial charge in [-0.3, -0.25) is 19.3 Å². The van der Waals surface area contributed by atoms with Crippen molar-refractivity contribution >= 4 is 35.1 Å². The van der Waals surface area contributed by atoms with Crippen LogP contribution in [0.25, 0.3) is 22.8 Å². The van der Waals surface area contributed by atoms with Gasteiger partial charge in [0.05, 0.1) is 11.1 Å². The van der Waals surface area contributed by atoms with E-state index in [2.05, 4.69) is 20.5 Å². The number of aromatic nitrogens is 1. The van der Waals surface area contributed by atoms with Crippen LogP contribution in [-0.4, -0.2) is 71.8 Å². The number of anilines is 1. The molecule has 2 aliphatic heterocycles. The Hall–Kier alpha value is -4.24. The third-order valence-corrected chi connectivity index (χ3v) is 7.24. The van der Waals surface area contributed by atoms with Gasteiger partial charge in [0.2, 0.25) is 5.91 Å². The molecule has 2 aromatic carbocycles. The molecule has 3 N–H and O–H groups in total. The van der Waals surface area contributed by atoms with E-state index in [1.165, 1.54) is 6.07 Å². The van der Waals surface area contributed by atoms with Gasteiger partial charge in [0, 0.05) is 74.9 Å². The van der Waals surface area contributed by atoms with Crippen molar-refractivity contribution in [1.29, 1.82) is 0 Å². The van der Waals surface area contributed by atoms with E-state index in [4.69, 9.17) is 0 Å². The number of halogens is 1. The normalized spacial score (nSPS) is 16.4. The van der Waals surface area contributed by atoms with E-state index in [1.807, 2.05) is 11.8 Å². The Morgan fingerprint density at radius 2 is 1.79 bits per heavy atom. The minimum absolute atomic E-state index is 0.0914. The molecule has 1 aromatic heterocycles. The van der Waals surface area contributed by atoms with E-state index in [0.29, 0.717) is 65.4 Å². The molecule has 3 amide bonds. The molecule has 5 rings (SSSR count). The van der Waals surface area contributed by atoms with Crippen molar-refractivity contribution in [1.82, 2.24) is 20.1 Å². The SMILES string of the molecule is CC(=O)N1CCN(CCNC(=O)c2c[nH]c(/C=C3\C(=O)Nc4cccc(-c5ccccc5F)c43)c2C)CC1. The molecule has 0 aliphatic carbocycles. The number of carbonyl (C=O) groups is 3. The van der Waals surface area contributed by atoms with Crippen LogP contribution in [0, 0.1) is 12.7 Å². The van der Waals surface area contributed by atoms with Crippen LogP contribution in [-0.2, 0) is 9.59 Å². The molecule has 1 fully saturated rings. The second-order valence-electron chi connectivity index (χ2n) is 9.56. The number of nitrogens with one attached hydrogen (secondary N) is 3. The number of rotatable bonds is 6. The summed E-state index contributed by atoms with van der Waals surface area (Å²) in [6, 6.07) is 11.9. The maximum absolute atomic E-state index is 14.6. The number of hydrogen-bond donors (Lipinski definition) is 3. The van der Waals surface area contributed by atoms with Crippen LogP contribution in [0.3, 0.4) is 0 Å². The summed E-state index contributed by atoms with van der Waals surface area (Å²) in [6.07, 6.45) is 3.35. The number of hydrogen-bond acceptors (Lipinski definition) is 4. The first kappa shape index (κ1) is 25.4. The summed E-state index contributed by atoms with van der Waals surface area (Å²) in [6.45, 7) is 7.58. The highest BCUT2D eigenvalue weighted by Gasteiger charge is 2.29. The molecular weight excluding hydrogens is 485 g/mol. The monoisotopic (exact) mass is 515 g/mol. The third kappa shape index (κ3) is 4.97. The lowest BCUT2D eigenvalue weighted by molar-refractivity contribution is -0.130. The highest BCUT2D eigenvalue weighted by Crippen LogP contribution is 2.41. The molecule has 38 heavy (non-hydrogen) atoms. The van der Waals surface area contributed by atoms with Crippen molar-refractivity contribution in [3.05, 3.63) is 76.9 Å². The van der Waals surface area contributed by atoms with E-state index in [-0.39, 0.29) is 23.5 Å². The van der Waals surface area contributed by atoms with E-state index < -0.39 is 0 Å². The van der Waals surface area contributed by atoms with Crippen molar-refractivity contribution in [3.63, 3.8) is 0 Å². The van der Waals surface area contributed by atoms with Gasteiger partial charge in [-0.2, -0.15) is 0 Å². The van der Waals surface area contributed by atoms with E-state index >= 15 is 0 Å². The first-order valence-corrected chi connectivity index (χ1v) is 12.7. The van der Waals surface area contributed by atoms with Gasteiger partial charge in [0.15, 0.2) is 0 Å². The fraction of sp³-hybridized carbons (Fsp3) is 0.276. The fourth-order valence-electron chi connectivity index (χ4n) is 5.04. The van der Waals surface area contributed by atoms with Gasteiger partial charge in [-0.05, 0) is 36.3 Å². The van der Waals surface area contributed by atoms with Gasteiger partial charge < -0.3 is 20.5 Å². The van der Waals surface area contributed by atoms with E-state index in [9.17, 15) is 18.8 Å². The molecule has 0 radical (unpaired) electrons. The van der Waals surface area contributed by atoms with E-state index in [0.717, 1.165) is 18.7 Å². The lowest BCUT2D eigenvalue weighted by Gasteiger charge is -2.34. The molecule has 9 heteroatoms. The van der Waals surface area contributed by atoms with Gasteiger partial charge >= 0.3 is 0 Å². The third-order valence-electron chi connectivity index (χ3n) is 7.24. The number of fused-ring (bicyclic) bond motifs is 1. The first-order chi connectivity index (χ1) is 18.3. The van der Waals surface area contributed by atoms with Crippen molar-refractivity contribution in [2.75, 3.05) is 44.6 Å². The average Bonchev–Trinajstić information content (AvgIpc) is 3.43. The second-order valence-corrected chi connectivity index (χ2v) is 9.56. The zero-order chi connectivity index (χ0) is 26.8. The minimum Gasteiger partial charge on any atom is -0.361 e. The lowest BCUT2D eigenvalue weighted by atomic mass is 9.94. The number of aromatic amines is 1. The Bertz CT molecular complexity index is 1440. The molecular formula is C29H30FN5O3. The predicted octanol–water partition coefficient (Wildman–Crippen LogP) is 3.52. The second kappa shape index (κ2) is 10.6. The molecule has 1 saturated heterocycles. The molecule has 8 nitrogen and oxygen atoms in total. The highest BCUT2D eigenvalue weighted by molar-refractivity contribution is 6.36. The zero-order valence-electron chi connectivity index (χ0n) is 21.4. The Labute approximate surface area is 220 Å². The minimum atomic E-state index is -0.365. The summed E-state index contributed by atoms with van der Waals surface area (Å²) in [4.78, 5) is 44.5. The maximum atomic E-state index is 14.6. The smallest absolute Gasteiger partial charge is 0.256 e. The zero-order valence-corrected chi connectivity index (χ0v) is 21.4. The maximum Gasteiger partial charge on any atom is 0.256 e. The van der Waals surface area contributed by atoms with Crippen molar-refractivity contribution in [2.45, 2.75) is 13.8 Å². The van der Waals surface area contributed by atoms with Crippen LogP contribution in [0.4, 0.5) is 10.1 Å². The molecule has 0 atom stereocenters. The summed E-state index contributed by atoms with van der Waals surface area (Å²) in [5, 5.41) is 5.83. The van der Waals surface area contributed by atoms with Crippen molar-refractivity contribution < 1.29 is 18.8 Å². The number of H-pyrrole nitrogens is 1. The predicted molar refractivity (Wildman–Crippen MR) is 145 cm³/mol. The Kier molecular flexibility index (Phi) is 7.11. The molecule has 3 heterocycles. The van der Waals surface area contributed by atoms with Crippen molar-refractivity contribution in [2.24, 2.45) is 0 Å². The number of amides is 3. The van der Waals surface area contributed by atoms with Gasteiger partial charge in [-0.1, -0.05) is 30.3 Å². The molecule has 2 aliphatic rings. The summed E-state index contributed by atoms with van der Waals surface area (Å²) >= 11 is 0. The van der Waals surface area contributed by atoms with Gasteiger partial charge in [-0.25, -0.2) is 4.39 Å². The van der Waals surface area contributed by atoms with Crippen LogP contribution in [0.1, 0.15) is 34.1 Å². The topological polar surface area (TPSA) is 97.5 Å². The average molecular weight is 516 g/mol. The molecule has 0 unspecified atom stereocenters. The van der Waals surface area contributed by atoms with E-state index in [1.54, 1.807) is 55.6 Å². The lowest BCUT2D eigenvalue weighted by Crippen LogP contribution is -2.49. The fourth-order valence-corrected chi connectivity index (χ4v) is 5.04. The standard InChI is InChI=1S/C29H30FN5O3/c1-18-23(28(37)31-10-11-34-12-14-35(15-13-34)19(2)36)17-32-26(18)16-22-27-21(20-6-3-4-8-24(20)30)7-5-9-25(27)33-29(22)38/h3-9,16-17,32H,10-15H2,1-2H3,(H,31,37)(H,33,38)/b22-16-. The van der Waals surface area contributed by atoms with Crippen LogP contribution >= 0.6 is 0 Å². The largest absolute Gasteiger partial charge is 0.361 e. The summed E-state index contributed by atoms with van der Waals surface area (Å²) < 4.78 is 14.6. The Morgan fingerprint density at radius 3 is 2.53 bits per heavy atom. The molecule has 3 aromatic rings. The number of benzene rings is 2. The van der Waals surface area contributed by atoms with Gasteiger partial charge in [-0.15, -0.1) is 0 Å². The van der Waals surface area contributed by atoms with Crippen molar-refractivity contribution in [3.8, 4) is 11.1 Å². The molecule has 0 bridgehead atoms. The van der Waals surface area contributed by atoms with Gasteiger partial charge in [0.1, 0.15) is 5.82 Å². The molecule has 0 spiro atoms. The summed E-state index contributed by atoms with van der Waals surface area (Å²) in [5.74, 6) is -0.758. The number of nitrogens with zero attached hydrogens (tertiary/aromatic N) is 2. The van der Waals surface area contributed by atoms with Crippen LogP contribution in [0.2, 0.25) is 0 Å².